The first-order chi connectivity index (χ1) is 20.2. The number of hydrogen-bond acceptors (Lipinski definition) is 9. The number of aliphatic carboxylic acids is 3. The number of rotatable bonds is 18. The highest BCUT2D eigenvalue weighted by molar-refractivity contribution is 7.14. The summed E-state index contributed by atoms with van der Waals surface area (Å²) in [6.07, 6.45) is 3.05. The Morgan fingerprint density at radius 1 is 0.952 bits per heavy atom. The summed E-state index contributed by atoms with van der Waals surface area (Å²) in [6, 6.07) is 3.91. The van der Waals surface area contributed by atoms with E-state index in [9.17, 15) is 28.7 Å². The van der Waals surface area contributed by atoms with Crippen molar-refractivity contribution in [1.29, 1.82) is 0 Å². The third-order valence-electron chi connectivity index (χ3n) is 6.09. The Balaban J connectivity index is 1.42. The molecule has 16 heteroatoms. The van der Waals surface area contributed by atoms with E-state index in [1.54, 1.807) is 10.9 Å². The molecule has 6 N–H and O–H groups in total. The molecule has 2 heterocycles. The first kappa shape index (κ1) is 31.9. The molecule has 0 saturated heterocycles. The molecule has 226 valence electrons. The second-order valence-corrected chi connectivity index (χ2v) is 10.1. The summed E-state index contributed by atoms with van der Waals surface area (Å²) in [4.78, 5) is 50.1. The van der Waals surface area contributed by atoms with Gasteiger partial charge in [-0.1, -0.05) is 17.3 Å². The number of aromatic nitrogens is 4. The van der Waals surface area contributed by atoms with Gasteiger partial charge in [0.05, 0.1) is 29.9 Å². The number of thiazole rings is 1. The lowest BCUT2D eigenvalue weighted by Gasteiger charge is -2.18. The van der Waals surface area contributed by atoms with E-state index >= 15 is 0 Å². The minimum absolute atomic E-state index is 0.107. The van der Waals surface area contributed by atoms with Crippen molar-refractivity contribution < 1.29 is 38.9 Å². The Bertz CT molecular complexity index is 1350. The number of urea groups is 1. The van der Waals surface area contributed by atoms with Gasteiger partial charge in [0.2, 0.25) is 0 Å². The Kier molecular flexibility index (Phi) is 12.2. The molecule has 2 aromatic heterocycles. The number of unbranched alkanes of at least 4 members (excludes halogenated alkanes) is 1. The molecule has 0 saturated carbocycles. The third kappa shape index (κ3) is 10.1. The standard InChI is InChI=1S/C26H32FN7O7S/c27-12-3-4-17-14-34(33-32-17)18-8-6-16(7-9-18)21-15-42-26(31-21)28-13-2-1-5-19(23(37)38)29-25(41)30-20(24(39)40)10-11-22(35)36/h6-9,14-15,19-20H,1-5,10-13H2,(H,28,31)(H,35,36)(H,37,38)(H,39,40)(H2,29,30,41)/t19-,20?/m0/s1. The van der Waals surface area contributed by atoms with Gasteiger partial charge in [0, 0.05) is 23.9 Å². The van der Waals surface area contributed by atoms with E-state index in [2.05, 4.69) is 31.2 Å². The molecule has 0 spiro atoms. The number of carboxylic acids is 3. The predicted molar refractivity (Wildman–Crippen MR) is 150 cm³/mol. The topological polar surface area (TPSA) is 209 Å². The van der Waals surface area contributed by atoms with E-state index in [1.807, 2.05) is 29.6 Å². The number of anilines is 1. The molecule has 3 rings (SSSR count). The van der Waals surface area contributed by atoms with Crippen LogP contribution in [0, 0.1) is 0 Å². The van der Waals surface area contributed by atoms with Crippen LogP contribution in [0.3, 0.4) is 0 Å². The highest BCUT2D eigenvalue weighted by Gasteiger charge is 2.24. The van der Waals surface area contributed by atoms with Crippen molar-refractivity contribution in [3.63, 3.8) is 0 Å². The summed E-state index contributed by atoms with van der Waals surface area (Å²) in [5.41, 5.74) is 3.23. The average molecular weight is 606 g/mol. The average Bonchev–Trinajstić information content (AvgIpc) is 3.63. The van der Waals surface area contributed by atoms with Crippen molar-refractivity contribution in [3.8, 4) is 16.9 Å². The highest BCUT2D eigenvalue weighted by Crippen LogP contribution is 2.26. The quantitative estimate of drug-likeness (QED) is 0.116. The van der Waals surface area contributed by atoms with Gasteiger partial charge in [-0.25, -0.2) is 24.0 Å². The van der Waals surface area contributed by atoms with E-state index in [1.165, 1.54) is 11.3 Å². The summed E-state index contributed by atoms with van der Waals surface area (Å²) in [6.45, 7) is 0.115. The summed E-state index contributed by atoms with van der Waals surface area (Å²) in [7, 11) is 0. The molecule has 0 radical (unpaired) electrons. The molecule has 2 atom stereocenters. The molecular weight excluding hydrogens is 573 g/mol. The zero-order valence-electron chi connectivity index (χ0n) is 22.5. The smallest absolute Gasteiger partial charge is 0.326 e. The molecular formula is C26H32FN7O7S. The Hall–Kier alpha value is -4.60. The summed E-state index contributed by atoms with van der Waals surface area (Å²) in [5.74, 6) is -3.90. The lowest BCUT2D eigenvalue weighted by atomic mass is 10.1. The fourth-order valence-electron chi connectivity index (χ4n) is 3.87. The van der Waals surface area contributed by atoms with Gasteiger partial charge in [-0.2, -0.15) is 0 Å². The SMILES string of the molecule is O=C(O)CCC(NC(=O)N[C@@H](CCCCNc1nc(-c2ccc(-n3cc(CCCF)nn3)cc2)cs1)C(=O)O)C(=O)O. The zero-order chi connectivity index (χ0) is 30.5. The number of carbonyl (C=O) groups is 4. The summed E-state index contributed by atoms with van der Waals surface area (Å²) < 4.78 is 14.0. The minimum atomic E-state index is -1.46. The van der Waals surface area contributed by atoms with Crippen molar-refractivity contribution in [2.45, 2.75) is 57.0 Å². The van der Waals surface area contributed by atoms with Crippen LogP contribution in [0.2, 0.25) is 0 Å². The highest BCUT2D eigenvalue weighted by atomic mass is 32.1. The number of amides is 2. The first-order valence-electron chi connectivity index (χ1n) is 13.2. The molecule has 3 aromatic rings. The second-order valence-electron chi connectivity index (χ2n) is 9.29. The number of nitrogens with one attached hydrogen (secondary N) is 3. The van der Waals surface area contributed by atoms with Crippen LogP contribution in [-0.4, -0.2) is 84.5 Å². The molecule has 1 aromatic carbocycles. The lowest BCUT2D eigenvalue weighted by molar-refractivity contribution is -0.140. The van der Waals surface area contributed by atoms with Crippen molar-refractivity contribution in [3.05, 3.63) is 41.5 Å². The summed E-state index contributed by atoms with van der Waals surface area (Å²) in [5, 5.41) is 45.5. The maximum Gasteiger partial charge on any atom is 0.326 e. The maximum atomic E-state index is 12.4. The number of carbonyl (C=O) groups excluding carboxylic acids is 1. The largest absolute Gasteiger partial charge is 0.481 e. The number of hydrogen-bond donors (Lipinski definition) is 6. The molecule has 14 nitrogen and oxygen atoms in total. The van der Waals surface area contributed by atoms with Gasteiger partial charge in [0.1, 0.15) is 12.1 Å². The van der Waals surface area contributed by atoms with Crippen LogP contribution in [0.25, 0.3) is 16.9 Å². The Labute approximate surface area is 244 Å². The first-order valence-corrected chi connectivity index (χ1v) is 14.1. The molecule has 0 aliphatic rings. The van der Waals surface area contributed by atoms with Gasteiger partial charge in [-0.15, -0.1) is 16.4 Å². The maximum absolute atomic E-state index is 12.4. The number of nitrogens with zero attached hydrogens (tertiary/aromatic N) is 4. The lowest BCUT2D eigenvalue weighted by Crippen LogP contribution is -2.51. The number of benzene rings is 1. The van der Waals surface area contributed by atoms with Crippen LogP contribution in [0.1, 0.15) is 44.2 Å². The number of alkyl halides is 1. The van der Waals surface area contributed by atoms with E-state index in [0.29, 0.717) is 37.4 Å². The van der Waals surface area contributed by atoms with Gasteiger partial charge in [-0.3, -0.25) is 9.18 Å². The van der Waals surface area contributed by atoms with E-state index in [0.717, 1.165) is 22.6 Å². The van der Waals surface area contributed by atoms with Gasteiger partial charge in [0.25, 0.3) is 0 Å². The third-order valence-corrected chi connectivity index (χ3v) is 6.89. The molecule has 0 aliphatic carbocycles. The molecule has 2 amide bonds. The van der Waals surface area contributed by atoms with E-state index in [4.69, 9.17) is 10.2 Å². The van der Waals surface area contributed by atoms with E-state index < -0.39 is 49.1 Å². The molecule has 1 unspecified atom stereocenters. The minimum Gasteiger partial charge on any atom is -0.481 e. The Morgan fingerprint density at radius 3 is 2.29 bits per heavy atom. The Morgan fingerprint density at radius 2 is 1.64 bits per heavy atom. The molecule has 0 fully saturated rings. The molecule has 0 bridgehead atoms. The van der Waals surface area contributed by atoms with Crippen LogP contribution in [0.4, 0.5) is 14.3 Å². The normalized spacial score (nSPS) is 12.3. The van der Waals surface area contributed by atoms with Crippen molar-refractivity contribution in [1.82, 2.24) is 30.6 Å². The van der Waals surface area contributed by atoms with Crippen LogP contribution >= 0.6 is 11.3 Å². The monoisotopic (exact) mass is 605 g/mol. The molecule has 0 aliphatic heterocycles. The fraction of sp³-hybridized carbons (Fsp3) is 0.423. The zero-order valence-corrected chi connectivity index (χ0v) is 23.3. The van der Waals surface area contributed by atoms with Crippen LogP contribution in [0.15, 0.2) is 35.8 Å². The van der Waals surface area contributed by atoms with Crippen LogP contribution in [0.5, 0.6) is 0 Å². The van der Waals surface area contributed by atoms with Crippen molar-refractivity contribution >= 4 is 40.4 Å². The number of aryl methyl sites for hydroxylation is 1. The fourth-order valence-corrected chi connectivity index (χ4v) is 4.62. The summed E-state index contributed by atoms with van der Waals surface area (Å²) >= 11 is 1.42. The predicted octanol–water partition coefficient (Wildman–Crippen LogP) is 2.95. The number of halogens is 1. The van der Waals surface area contributed by atoms with Gasteiger partial charge >= 0.3 is 23.9 Å². The van der Waals surface area contributed by atoms with Gasteiger partial charge in [0.15, 0.2) is 5.13 Å². The van der Waals surface area contributed by atoms with E-state index in [-0.39, 0.29) is 12.8 Å². The number of carboxylic acid groups (broad SMARTS) is 3. The van der Waals surface area contributed by atoms with Crippen LogP contribution in [-0.2, 0) is 20.8 Å². The second kappa shape index (κ2) is 16.0. The van der Waals surface area contributed by atoms with Gasteiger partial charge in [-0.05, 0) is 50.7 Å². The van der Waals surface area contributed by atoms with Gasteiger partial charge < -0.3 is 31.3 Å². The van der Waals surface area contributed by atoms with Crippen molar-refractivity contribution in [2.24, 2.45) is 0 Å². The van der Waals surface area contributed by atoms with Crippen molar-refractivity contribution in [2.75, 3.05) is 18.5 Å². The van der Waals surface area contributed by atoms with Crippen LogP contribution < -0.4 is 16.0 Å². The molecule has 42 heavy (non-hydrogen) atoms.